The molecule has 0 aliphatic rings. The quantitative estimate of drug-likeness (QED) is 0.732. The minimum absolute atomic E-state index is 0.0658. The number of fused-ring (bicyclic) bond motifs is 1. The number of anilines is 2. The molecule has 2 heterocycles. The van der Waals surface area contributed by atoms with Crippen LogP contribution in [0.2, 0.25) is 0 Å². The molecule has 21 heavy (non-hydrogen) atoms. The van der Waals surface area contributed by atoms with Crippen LogP contribution in [0.3, 0.4) is 0 Å². The maximum Gasteiger partial charge on any atom is 0.226 e. The first-order valence-corrected chi connectivity index (χ1v) is 8.30. The smallest absolute Gasteiger partial charge is 0.226 e. The van der Waals surface area contributed by atoms with Crippen molar-refractivity contribution in [2.75, 3.05) is 23.8 Å². The summed E-state index contributed by atoms with van der Waals surface area (Å²) in [5.41, 5.74) is -0.376. The molecule has 0 spiro atoms. The monoisotopic (exact) mass is 308 g/mol. The molecule has 1 atom stereocenters. The maximum atomic E-state index is 9.62. The number of aryl methyl sites for hydroxylation is 1. The van der Waals surface area contributed by atoms with Crippen LogP contribution in [0.1, 0.15) is 39.0 Å². The first kappa shape index (κ1) is 16.0. The Morgan fingerprint density at radius 3 is 2.62 bits per heavy atom. The van der Waals surface area contributed by atoms with E-state index in [0.717, 1.165) is 35.4 Å². The van der Waals surface area contributed by atoms with Gasteiger partial charge in [0.25, 0.3) is 0 Å². The fourth-order valence-electron chi connectivity index (χ4n) is 2.00. The van der Waals surface area contributed by atoms with E-state index in [0.29, 0.717) is 5.95 Å². The third kappa shape index (κ3) is 3.44. The number of hydrogen-bond acceptors (Lipinski definition) is 6. The molecule has 3 N–H and O–H groups in total. The van der Waals surface area contributed by atoms with Crippen LogP contribution >= 0.6 is 11.3 Å². The molecule has 0 fully saturated rings. The molecule has 2 aromatic rings. The lowest BCUT2D eigenvalue weighted by Gasteiger charge is -2.28. The minimum atomic E-state index is -0.376. The summed E-state index contributed by atoms with van der Waals surface area (Å²) in [5, 5.41) is 17.2. The molecule has 0 bridgehead atoms. The van der Waals surface area contributed by atoms with Crippen molar-refractivity contribution in [1.29, 1.82) is 0 Å². The highest BCUT2D eigenvalue weighted by molar-refractivity contribution is 7.18. The number of hydrogen-bond donors (Lipinski definition) is 3. The molecule has 5 nitrogen and oxygen atoms in total. The number of nitrogens with one attached hydrogen (secondary N) is 2. The van der Waals surface area contributed by atoms with Gasteiger partial charge in [-0.05, 0) is 32.8 Å². The molecule has 0 aromatic carbocycles. The van der Waals surface area contributed by atoms with Gasteiger partial charge in [-0.1, -0.05) is 13.8 Å². The van der Waals surface area contributed by atoms with Crippen LogP contribution in [0.5, 0.6) is 0 Å². The van der Waals surface area contributed by atoms with Crippen molar-refractivity contribution in [3.05, 3.63) is 10.9 Å². The van der Waals surface area contributed by atoms with Gasteiger partial charge in [0.1, 0.15) is 10.6 Å². The molecule has 0 amide bonds. The van der Waals surface area contributed by atoms with E-state index in [2.05, 4.69) is 40.5 Å². The Morgan fingerprint density at radius 2 is 2.05 bits per heavy atom. The van der Waals surface area contributed by atoms with Gasteiger partial charge in [0.05, 0.1) is 17.5 Å². The summed E-state index contributed by atoms with van der Waals surface area (Å²) in [6.07, 6.45) is 1.80. The van der Waals surface area contributed by atoms with E-state index in [-0.39, 0.29) is 12.1 Å². The van der Waals surface area contributed by atoms with Crippen LogP contribution < -0.4 is 10.6 Å². The third-order valence-electron chi connectivity index (χ3n) is 3.68. The van der Waals surface area contributed by atoms with Gasteiger partial charge in [-0.3, -0.25) is 0 Å². The molecular formula is C15H24N4OS. The fourth-order valence-corrected chi connectivity index (χ4v) is 2.97. The second-order valence-corrected chi connectivity index (χ2v) is 6.52. The van der Waals surface area contributed by atoms with Gasteiger partial charge in [0.2, 0.25) is 5.95 Å². The lowest BCUT2D eigenvalue weighted by molar-refractivity contribution is 0.218. The van der Waals surface area contributed by atoms with Gasteiger partial charge < -0.3 is 15.7 Å². The SMILES string of the molecule is CCNc1nc(NC(C)(CC)CO)c2cc(CC)sc2n1. The zero-order valence-corrected chi connectivity index (χ0v) is 14.0. The largest absolute Gasteiger partial charge is 0.394 e. The molecule has 0 aliphatic carbocycles. The van der Waals surface area contributed by atoms with Crippen LogP contribution in [0.15, 0.2) is 6.07 Å². The number of nitrogens with zero attached hydrogens (tertiary/aromatic N) is 2. The van der Waals surface area contributed by atoms with E-state index < -0.39 is 0 Å². The third-order valence-corrected chi connectivity index (χ3v) is 4.85. The van der Waals surface area contributed by atoms with Crippen molar-refractivity contribution in [2.45, 2.75) is 46.1 Å². The molecule has 2 rings (SSSR count). The van der Waals surface area contributed by atoms with Gasteiger partial charge in [0.15, 0.2) is 0 Å². The summed E-state index contributed by atoms with van der Waals surface area (Å²) < 4.78 is 0. The van der Waals surface area contributed by atoms with Gasteiger partial charge in [-0.25, -0.2) is 4.98 Å². The van der Waals surface area contributed by atoms with Crippen LogP contribution in [0, 0.1) is 0 Å². The number of aliphatic hydroxyl groups is 1. The van der Waals surface area contributed by atoms with Crippen LogP contribution in [-0.4, -0.2) is 33.8 Å². The van der Waals surface area contributed by atoms with Crippen molar-refractivity contribution >= 4 is 33.3 Å². The summed E-state index contributed by atoms with van der Waals surface area (Å²) >= 11 is 1.70. The molecule has 0 saturated carbocycles. The molecule has 1 unspecified atom stereocenters. The van der Waals surface area contributed by atoms with Crippen LogP contribution in [0.4, 0.5) is 11.8 Å². The van der Waals surface area contributed by atoms with Gasteiger partial charge in [-0.15, -0.1) is 11.3 Å². The average molecular weight is 308 g/mol. The van der Waals surface area contributed by atoms with Crippen molar-refractivity contribution in [3.8, 4) is 0 Å². The van der Waals surface area contributed by atoms with Gasteiger partial charge in [0, 0.05) is 11.4 Å². The highest BCUT2D eigenvalue weighted by atomic mass is 32.1. The second kappa shape index (κ2) is 6.58. The first-order valence-electron chi connectivity index (χ1n) is 7.48. The summed E-state index contributed by atoms with van der Waals surface area (Å²) in [7, 11) is 0. The molecular weight excluding hydrogens is 284 g/mol. The van der Waals surface area contributed by atoms with Gasteiger partial charge >= 0.3 is 0 Å². The Hall–Kier alpha value is -1.40. The van der Waals surface area contributed by atoms with Gasteiger partial charge in [-0.2, -0.15) is 4.98 Å². The van der Waals surface area contributed by atoms with E-state index in [4.69, 9.17) is 0 Å². The van der Waals surface area contributed by atoms with E-state index in [1.54, 1.807) is 11.3 Å². The standard InChI is InChI=1S/C15H24N4OS/c1-5-10-8-11-12(19-15(4,6-2)9-20)17-14(16-7-3)18-13(11)21-10/h8,20H,5-7,9H2,1-4H3,(H2,16,17,18,19). The molecule has 2 aromatic heterocycles. The number of aromatic nitrogens is 2. The molecule has 0 radical (unpaired) electrons. The topological polar surface area (TPSA) is 70.1 Å². The zero-order chi connectivity index (χ0) is 15.5. The van der Waals surface area contributed by atoms with Crippen molar-refractivity contribution < 1.29 is 5.11 Å². The lowest BCUT2D eigenvalue weighted by Crippen LogP contribution is -2.38. The van der Waals surface area contributed by atoms with E-state index in [9.17, 15) is 5.11 Å². The van der Waals surface area contributed by atoms with E-state index >= 15 is 0 Å². The number of rotatable bonds is 7. The predicted molar refractivity (Wildman–Crippen MR) is 90.4 cm³/mol. The second-order valence-electron chi connectivity index (χ2n) is 5.41. The predicted octanol–water partition coefficient (Wildman–Crippen LogP) is 3.26. The molecule has 0 aliphatic heterocycles. The summed E-state index contributed by atoms with van der Waals surface area (Å²) in [6.45, 7) is 9.06. The Labute approximate surface area is 129 Å². The Kier molecular flexibility index (Phi) is 5.00. The molecule has 116 valence electrons. The normalized spacial score (nSPS) is 14.1. The molecule has 0 saturated heterocycles. The van der Waals surface area contributed by atoms with Crippen LogP contribution in [0.25, 0.3) is 10.2 Å². The Morgan fingerprint density at radius 1 is 1.29 bits per heavy atom. The average Bonchev–Trinajstić information content (AvgIpc) is 2.91. The number of aliphatic hydroxyl groups excluding tert-OH is 1. The minimum Gasteiger partial charge on any atom is -0.394 e. The Bertz CT molecular complexity index is 607. The van der Waals surface area contributed by atoms with E-state index in [1.807, 2.05) is 13.8 Å². The highest BCUT2D eigenvalue weighted by Gasteiger charge is 2.23. The Balaban J connectivity index is 2.50. The number of thiophene rings is 1. The van der Waals surface area contributed by atoms with Crippen molar-refractivity contribution in [2.24, 2.45) is 0 Å². The summed E-state index contributed by atoms with van der Waals surface area (Å²) in [6, 6.07) is 2.14. The zero-order valence-electron chi connectivity index (χ0n) is 13.2. The lowest BCUT2D eigenvalue weighted by atomic mass is 10.0. The van der Waals surface area contributed by atoms with Crippen LogP contribution in [-0.2, 0) is 6.42 Å². The van der Waals surface area contributed by atoms with Crippen molar-refractivity contribution in [3.63, 3.8) is 0 Å². The maximum absolute atomic E-state index is 9.62. The van der Waals surface area contributed by atoms with E-state index in [1.165, 1.54) is 4.88 Å². The molecule has 6 heteroatoms. The van der Waals surface area contributed by atoms with Crippen molar-refractivity contribution in [1.82, 2.24) is 9.97 Å². The highest BCUT2D eigenvalue weighted by Crippen LogP contribution is 2.32. The first-order chi connectivity index (χ1) is 10.0. The summed E-state index contributed by atoms with van der Waals surface area (Å²) in [4.78, 5) is 11.4. The summed E-state index contributed by atoms with van der Waals surface area (Å²) in [5.74, 6) is 1.43. The fraction of sp³-hybridized carbons (Fsp3) is 0.600.